The lowest BCUT2D eigenvalue weighted by Gasteiger charge is -2.27. The highest BCUT2D eigenvalue weighted by Crippen LogP contribution is 2.45. The maximum absolute atomic E-state index is 13.7. The summed E-state index contributed by atoms with van der Waals surface area (Å²) in [5, 5.41) is 13.9. The predicted octanol–water partition coefficient (Wildman–Crippen LogP) is 6.25. The average Bonchev–Trinajstić information content (AvgIpc) is 3.54. The molecule has 1 unspecified atom stereocenters. The van der Waals surface area contributed by atoms with Crippen LogP contribution in [-0.4, -0.2) is 23.9 Å². The second kappa shape index (κ2) is 8.10. The number of carbonyl (C=O) groups is 2. The van der Waals surface area contributed by atoms with E-state index in [1.54, 1.807) is 42.5 Å². The Morgan fingerprint density at radius 2 is 2.00 bits per heavy atom. The van der Waals surface area contributed by atoms with E-state index < -0.39 is 23.5 Å². The highest BCUT2D eigenvalue weighted by Gasteiger charge is 2.46. The molecule has 1 aliphatic heterocycles. The van der Waals surface area contributed by atoms with E-state index in [-0.39, 0.29) is 11.3 Å². The summed E-state index contributed by atoms with van der Waals surface area (Å²) in [6.07, 6.45) is 0. The van der Waals surface area contributed by atoms with Crippen LogP contribution in [0.4, 0.5) is 5.69 Å². The summed E-state index contributed by atoms with van der Waals surface area (Å²) in [6, 6.07) is 14.9. The number of benzene rings is 2. The molecular formula is C25H18ClNO5S. The van der Waals surface area contributed by atoms with Crippen LogP contribution >= 0.6 is 22.9 Å². The van der Waals surface area contributed by atoms with Crippen LogP contribution in [0.15, 0.2) is 75.7 Å². The quantitative estimate of drug-likeness (QED) is 0.342. The van der Waals surface area contributed by atoms with Crippen LogP contribution in [0.3, 0.4) is 0 Å². The van der Waals surface area contributed by atoms with Crippen LogP contribution in [0.1, 0.15) is 27.0 Å². The number of aryl methyl sites for hydroxylation is 1. The number of thiophene rings is 1. The monoisotopic (exact) mass is 479 g/mol. The Kier molecular flexibility index (Phi) is 5.23. The number of Topliss-reactive ketones (excluding diaryl/α,β-unsaturated/α-hetero) is 1. The Bertz CT molecular complexity index is 1440. The minimum Gasteiger partial charge on any atom is -0.503 e. The molecule has 0 saturated carbocycles. The van der Waals surface area contributed by atoms with Crippen LogP contribution in [0.25, 0.3) is 11.0 Å². The van der Waals surface area contributed by atoms with E-state index >= 15 is 0 Å². The first-order valence-corrected chi connectivity index (χ1v) is 11.3. The first-order chi connectivity index (χ1) is 15.9. The van der Waals surface area contributed by atoms with Crippen molar-refractivity contribution in [1.82, 2.24) is 0 Å². The molecule has 166 valence electrons. The van der Waals surface area contributed by atoms with Gasteiger partial charge in [0.1, 0.15) is 6.04 Å². The van der Waals surface area contributed by atoms with Crippen LogP contribution in [0.5, 0.6) is 5.75 Å². The molecule has 1 N–H and O–H groups in total. The Hall–Kier alpha value is -3.55. The molecule has 0 aliphatic carbocycles. The van der Waals surface area contributed by atoms with Gasteiger partial charge in [0.05, 0.1) is 12.7 Å². The first-order valence-electron chi connectivity index (χ1n) is 10.1. The molecule has 0 radical (unpaired) electrons. The van der Waals surface area contributed by atoms with Crippen molar-refractivity contribution in [1.29, 1.82) is 0 Å². The number of ketones is 1. The van der Waals surface area contributed by atoms with E-state index in [0.717, 1.165) is 10.4 Å². The van der Waals surface area contributed by atoms with Gasteiger partial charge in [-0.15, -0.1) is 11.3 Å². The molecule has 6 nitrogen and oxygen atoms in total. The van der Waals surface area contributed by atoms with Crippen LogP contribution in [0.2, 0.25) is 5.02 Å². The predicted molar refractivity (Wildman–Crippen MR) is 127 cm³/mol. The summed E-state index contributed by atoms with van der Waals surface area (Å²) in [6.45, 7) is 1.84. The maximum Gasteiger partial charge on any atom is 0.294 e. The van der Waals surface area contributed by atoms with E-state index in [9.17, 15) is 14.7 Å². The molecule has 2 aromatic carbocycles. The van der Waals surface area contributed by atoms with Crippen molar-refractivity contribution in [3.05, 3.63) is 92.5 Å². The standard InChI is InChI=1S/C25H18ClNO5S/c1-13-8-9-15(26)12-16(13)27-21(19-7-4-10-33-19)20(23(29)25(27)30)22(28)18-11-14-5-3-6-17(31-2)24(14)32-18/h3-12,21,29H,1-2H3. The van der Waals surface area contributed by atoms with E-state index in [4.69, 9.17) is 20.8 Å². The van der Waals surface area contributed by atoms with Gasteiger partial charge in [-0.05, 0) is 48.2 Å². The number of aliphatic hydroxyl groups is 1. The van der Waals surface area contributed by atoms with Crippen LogP contribution in [-0.2, 0) is 4.79 Å². The summed E-state index contributed by atoms with van der Waals surface area (Å²) in [5.74, 6) is -1.35. The second-order valence-corrected chi connectivity index (χ2v) is 9.02. The van der Waals surface area contributed by atoms with E-state index in [2.05, 4.69) is 0 Å². The molecule has 0 saturated heterocycles. The lowest BCUT2D eigenvalue weighted by Crippen LogP contribution is -2.31. The summed E-state index contributed by atoms with van der Waals surface area (Å²) in [7, 11) is 1.51. The molecule has 8 heteroatoms. The van der Waals surface area contributed by atoms with Crippen LogP contribution < -0.4 is 9.64 Å². The van der Waals surface area contributed by atoms with Gasteiger partial charge in [-0.3, -0.25) is 14.5 Å². The van der Waals surface area contributed by atoms with Gasteiger partial charge in [0.15, 0.2) is 22.9 Å². The molecule has 2 aromatic heterocycles. The summed E-state index contributed by atoms with van der Waals surface area (Å²) >= 11 is 7.60. The lowest BCUT2D eigenvalue weighted by molar-refractivity contribution is -0.117. The number of halogens is 1. The Morgan fingerprint density at radius 1 is 1.18 bits per heavy atom. The van der Waals surface area contributed by atoms with Crippen molar-refractivity contribution in [2.24, 2.45) is 0 Å². The molecule has 3 heterocycles. The number of hydrogen-bond donors (Lipinski definition) is 1. The topological polar surface area (TPSA) is 80.0 Å². The maximum atomic E-state index is 13.7. The number of anilines is 1. The van der Waals surface area contributed by atoms with Crippen molar-refractivity contribution < 1.29 is 23.8 Å². The fourth-order valence-electron chi connectivity index (χ4n) is 4.09. The normalized spacial score (nSPS) is 16.2. The van der Waals surface area contributed by atoms with Gasteiger partial charge in [-0.2, -0.15) is 0 Å². The highest BCUT2D eigenvalue weighted by molar-refractivity contribution is 7.10. The van der Waals surface area contributed by atoms with Crippen molar-refractivity contribution >= 4 is 51.3 Å². The number of aliphatic hydroxyl groups excluding tert-OH is 1. The zero-order chi connectivity index (χ0) is 23.3. The molecule has 5 rings (SSSR count). The molecule has 0 fully saturated rings. The number of ether oxygens (including phenoxy) is 1. The Labute approximate surface area is 198 Å². The zero-order valence-electron chi connectivity index (χ0n) is 17.7. The van der Waals surface area contributed by atoms with E-state index in [1.165, 1.54) is 23.3 Å². The van der Waals surface area contributed by atoms with E-state index in [0.29, 0.717) is 27.4 Å². The smallest absolute Gasteiger partial charge is 0.294 e. The fraction of sp³-hybridized carbons (Fsp3) is 0.120. The summed E-state index contributed by atoms with van der Waals surface area (Å²) < 4.78 is 11.2. The molecule has 1 aliphatic rings. The second-order valence-electron chi connectivity index (χ2n) is 7.60. The van der Waals surface area contributed by atoms with Crippen molar-refractivity contribution in [3.63, 3.8) is 0 Å². The van der Waals surface area contributed by atoms with Gasteiger partial charge in [-0.1, -0.05) is 35.9 Å². The summed E-state index contributed by atoms with van der Waals surface area (Å²) in [5.41, 5.74) is 1.68. The number of carbonyl (C=O) groups excluding carboxylic acids is 2. The molecule has 1 amide bonds. The third kappa shape index (κ3) is 3.41. The minimum absolute atomic E-state index is 0.00933. The molecule has 1 atom stereocenters. The molecular weight excluding hydrogens is 462 g/mol. The molecule has 0 spiro atoms. The van der Waals surface area contributed by atoms with Crippen molar-refractivity contribution in [2.45, 2.75) is 13.0 Å². The number of methoxy groups -OCH3 is 1. The number of furan rings is 1. The largest absolute Gasteiger partial charge is 0.503 e. The third-order valence-corrected chi connectivity index (χ3v) is 6.81. The van der Waals surface area contributed by atoms with Gasteiger partial charge in [-0.25, -0.2) is 0 Å². The average molecular weight is 480 g/mol. The van der Waals surface area contributed by atoms with Crippen LogP contribution in [0, 0.1) is 6.92 Å². The number of rotatable bonds is 5. The SMILES string of the molecule is COc1cccc2cc(C(=O)C3=C(O)C(=O)N(c4cc(Cl)ccc4C)C3c3cccs3)oc12. The van der Waals surface area contributed by atoms with Crippen molar-refractivity contribution in [3.8, 4) is 5.75 Å². The number of para-hydroxylation sites is 1. The van der Waals surface area contributed by atoms with Gasteiger partial charge < -0.3 is 14.3 Å². The van der Waals surface area contributed by atoms with E-state index in [1.807, 2.05) is 24.4 Å². The zero-order valence-corrected chi connectivity index (χ0v) is 19.2. The third-order valence-electron chi connectivity index (χ3n) is 5.65. The number of nitrogens with zero attached hydrogens (tertiary/aromatic N) is 1. The Balaban J connectivity index is 1.66. The number of fused-ring (bicyclic) bond motifs is 1. The van der Waals surface area contributed by atoms with Gasteiger partial charge in [0, 0.05) is 21.0 Å². The minimum atomic E-state index is -0.822. The lowest BCUT2D eigenvalue weighted by atomic mass is 9.99. The Morgan fingerprint density at radius 3 is 2.73 bits per heavy atom. The first kappa shape index (κ1) is 21.3. The summed E-state index contributed by atoms with van der Waals surface area (Å²) in [4.78, 5) is 29.1. The van der Waals surface area contributed by atoms with Gasteiger partial charge >= 0.3 is 0 Å². The molecule has 4 aromatic rings. The van der Waals surface area contributed by atoms with Crippen molar-refractivity contribution in [2.75, 3.05) is 12.0 Å². The number of amides is 1. The van der Waals surface area contributed by atoms with Gasteiger partial charge in [0.2, 0.25) is 5.78 Å². The van der Waals surface area contributed by atoms with Gasteiger partial charge in [0.25, 0.3) is 5.91 Å². The molecule has 0 bridgehead atoms. The number of hydrogen-bond acceptors (Lipinski definition) is 6. The highest BCUT2D eigenvalue weighted by atomic mass is 35.5. The fourth-order valence-corrected chi connectivity index (χ4v) is 5.08. The molecule has 33 heavy (non-hydrogen) atoms.